The summed E-state index contributed by atoms with van der Waals surface area (Å²) in [6.45, 7) is 3.98. The second kappa shape index (κ2) is 6.08. The van der Waals surface area contributed by atoms with Crippen LogP contribution in [0, 0.1) is 10.5 Å². The van der Waals surface area contributed by atoms with Crippen molar-refractivity contribution < 1.29 is 9.53 Å². The number of methoxy groups -OCH3 is 1. The third-order valence-electron chi connectivity index (χ3n) is 2.41. The van der Waals surface area contributed by atoms with E-state index in [4.69, 9.17) is 4.74 Å². The number of ether oxygens (including phenoxy) is 1. The molecular weight excluding hydrogens is 317 g/mol. The van der Waals surface area contributed by atoms with Crippen LogP contribution in [0.3, 0.4) is 0 Å². The highest BCUT2D eigenvalue weighted by Gasteiger charge is 2.16. The summed E-state index contributed by atoms with van der Waals surface area (Å²) in [6.07, 6.45) is 0.706. The second-order valence-electron chi connectivity index (χ2n) is 3.59. The van der Waals surface area contributed by atoms with Gasteiger partial charge in [0, 0.05) is 9.26 Å². The Morgan fingerprint density at radius 3 is 2.75 bits per heavy atom. The van der Waals surface area contributed by atoms with Crippen molar-refractivity contribution in [1.29, 1.82) is 0 Å². The van der Waals surface area contributed by atoms with Gasteiger partial charge in [-0.1, -0.05) is 6.92 Å². The number of aryl methyl sites for hydroxylation is 1. The van der Waals surface area contributed by atoms with E-state index in [0.717, 1.165) is 11.3 Å². The zero-order valence-corrected chi connectivity index (χ0v) is 11.9. The minimum absolute atomic E-state index is 0.222. The lowest BCUT2D eigenvalue weighted by molar-refractivity contribution is -0.141. The maximum Gasteiger partial charge on any atom is 0.328 e. The zero-order valence-electron chi connectivity index (χ0n) is 9.71. The fourth-order valence-corrected chi connectivity index (χ4v) is 2.09. The molecule has 88 valence electrons. The lowest BCUT2D eigenvalue weighted by atomic mass is 10.1. The van der Waals surface area contributed by atoms with Crippen LogP contribution in [0.5, 0.6) is 0 Å². The van der Waals surface area contributed by atoms with E-state index in [-0.39, 0.29) is 12.0 Å². The molecule has 1 aromatic carbocycles. The highest BCUT2D eigenvalue weighted by Crippen LogP contribution is 2.19. The van der Waals surface area contributed by atoms with Gasteiger partial charge in [-0.15, -0.1) is 0 Å². The van der Waals surface area contributed by atoms with E-state index in [2.05, 4.69) is 34.0 Å². The molecule has 1 rings (SSSR count). The fourth-order valence-electron chi connectivity index (χ4n) is 1.45. The van der Waals surface area contributed by atoms with Crippen molar-refractivity contribution in [1.82, 2.24) is 0 Å². The topological polar surface area (TPSA) is 38.3 Å². The SMILES string of the molecule is CCC(Nc1ccc(I)cc1C)C(=O)OC. The van der Waals surface area contributed by atoms with Gasteiger partial charge < -0.3 is 10.1 Å². The van der Waals surface area contributed by atoms with E-state index < -0.39 is 0 Å². The van der Waals surface area contributed by atoms with E-state index in [1.165, 1.54) is 10.7 Å². The van der Waals surface area contributed by atoms with E-state index in [0.29, 0.717) is 6.42 Å². The van der Waals surface area contributed by atoms with Crippen LogP contribution in [0.2, 0.25) is 0 Å². The van der Waals surface area contributed by atoms with Crippen LogP contribution < -0.4 is 5.32 Å². The first-order valence-electron chi connectivity index (χ1n) is 5.19. The molecule has 16 heavy (non-hydrogen) atoms. The molecule has 1 aromatic rings. The van der Waals surface area contributed by atoms with Gasteiger partial charge >= 0.3 is 5.97 Å². The van der Waals surface area contributed by atoms with Gasteiger partial charge in [0.1, 0.15) is 6.04 Å². The second-order valence-corrected chi connectivity index (χ2v) is 4.83. The number of hydrogen-bond donors (Lipinski definition) is 1. The summed E-state index contributed by atoms with van der Waals surface area (Å²) in [7, 11) is 1.41. The number of rotatable bonds is 4. The Bertz CT molecular complexity index is 379. The van der Waals surface area contributed by atoms with Crippen LogP contribution in [0.1, 0.15) is 18.9 Å². The summed E-state index contributed by atoms with van der Waals surface area (Å²) in [5, 5.41) is 3.20. The lowest BCUT2D eigenvalue weighted by Gasteiger charge is -2.17. The molecular formula is C12H16INO2. The third-order valence-corrected chi connectivity index (χ3v) is 3.08. The number of anilines is 1. The van der Waals surface area contributed by atoms with Gasteiger partial charge in [-0.3, -0.25) is 0 Å². The minimum Gasteiger partial charge on any atom is -0.467 e. The minimum atomic E-state index is -0.274. The molecule has 0 radical (unpaired) electrons. The number of carbonyl (C=O) groups excluding carboxylic acids is 1. The molecule has 0 saturated carbocycles. The van der Waals surface area contributed by atoms with Crippen molar-refractivity contribution in [3.8, 4) is 0 Å². The fraction of sp³-hybridized carbons (Fsp3) is 0.417. The normalized spacial score (nSPS) is 12.0. The standard InChI is InChI=1S/C12H16INO2/c1-4-10(12(15)16-3)14-11-6-5-9(13)7-8(11)2/h5-7,10,14H,4H2,1-3H3. The van der Waals surface area contributed by atoms with Crippen LogP contribution in [0.15, 0.2) is 18.2 Å². The molecule has 0 heterocycles. The zero-order chi connectivity index (χ0) is 12.1. The Morgan fingerprint density at radius 2 is 2.25 bits per heavy atom. The molecule has 0 saturated heterocycles. The molecule has 3 nitrogen and oxygen atoms in total. The molecule has 0 aliphatic carbocycles. The summed E-state index contributed by atoms with van der Waals surface area (Å²) >= 11 is 2.27. The number of esters is 1. The van der Waals surface area contributed by atoms with Crippen molar-refractivity contribution >= 4 is 34.2 Å². The van der Waals surface area contributed by atoms with E-state index in [9.17, 15) is 4.79 Å². The monoisotopic (exact) mass is 333 g/mol. The summed E-state index contributed by atoms with van der Waals surface area (Å²) in [4.78, 5) is 11.4. The van der Waals surface area contributed by atoms with Crippen LogP contribution in [-0.2, 0) is 9.53 Å². The first-order chi connectivity index (χ1) is 7.58. The molecule has 4 heteroatoms. The molecule has 0 aromatic heterocycles. The molecule has 0 spiro atoms. The summed E-state index contributed by atoms with van der Waals surface area (Å²) < 4.78 is 5.92. The van der Waals surface area contributed by atoms with Gasteiger partial charge in [0.25, 0.3) is 0 Å². The van der Waals surface area contributed by atoms with E-state index in [1.54, 1.807) is 0 Å². The van der Waals surface area contributed by atoms with E-state index >= 15 is 0 Å². The van der Waals surface area contributed by atoms with Crippen LogP contribution in [0.25, 0.3) is 0 Å². The molecule has 0 aliphatic rings. The van der Waals surface area contributed by atoms with E-state index in [1.807, 2.05) is 26.0 Å². The average molecular weight is 333 g/mol. The predicted molar refractivity (Wildman–Crippen MR) is 73.6 cm³/mol. The molecule has 1 N–H and O–H groups in total. The molecule has 1 unspecified atom stereocenters. The Labute approximate surface area is 110 Å². The molecule has 0 fully saturated rings. The lowest BCUT2D eigenvalue weighted by Crippen LogP contribution is -2.30. The highest BCUT2D eigenvalue weighted by molar-refractivity contribution is 14.1. The number of halogens is 1. The van der Waals surface area contributed by atoms with Crippen LogP contribution in [0.4, 0.5) is 5.69 Å². The first-order valence-corrected chi connectivity index (χ1v) is 6.26. The Balaban J connectivity index is 2.82. The maximum atomic E-state index is 11.4. The molecule has 0 amide bonds. The van der Waals surface area contributed by atoms with Crippen LogP contribution in [-0.4, -0.2) is 19.1 Å². The maximum absolute atomic E-state index is 11.4. The summed E-state index contributed by atoms with van der Waals surface area (Å²) in [5.74, 6) is -0.222. The molecule has 0 bridgehead atoms. The smallest absolute Gasteiger partial charge is 0.328 e. The number of nitrogens with one attached hydrogen (secondary N) is 1. The van der Waals surface area contributed by atoms with Gasteiger partial charge in [-0.25, -0.2) is 4.79 Å². The van der Waals surface area contributed by atoms with Gasteiger partial charge in [0.2, 0.25) is 0 Å². The molecule has 0 aliphatic heterocycles. The van der Waals surface area contributed by atoms with Gasteiger partial charge in [0.05, 0.1) is 7.11 Å². The van der Waals surface area contributed by atoms with Crippen molar-refractivity contribution in [3.63, 3.8) is 0 Å². The summed E-state index contributed by atoms with van der Waals surface area (Å²) in [6, 6.07) is 5.80. The Hall–Kier alpha value is -0.780. The largest absolute Gasteiger partial charge is 0.467 e. The van der Waals surface area contributed by atoms with Gasteiger partial charge in [-0.05, 0) is 59.7 Å². The van der Waals surface area contributed by atoms with Crippen molar-refractivity contribution in [2.45, 2.75) is 26.3 Å². The number of hydrogen-bond acceptors (Lipinski definition) is 3. The van der Waals surface area contributed by atoms with Gasteiger partial charge in [0.15, 0.2) is 0 Å². The van der Waals surface area contributed by atoms with Gasteiger partial charge in [-0.2, -0.15) is 0 Å². The average Bonchev–Trinajstić information content (AvgIpc) is 2.27. The molecule has 1 atom stereocenters. The quantitative estimate of drug-likeness (QED) is 0.680. The summed E-state index contributed by atoms with van der Waals surface area (Å²) in [5.41, 5.74) is 2.12. The van der Waals surface area contributed by atoms with Crippen molar-refractivity contribution in [2.24, 2.45) is 0 Å². The third kappa shape index (κ3) is 3.37. The Morgan fingerprint density at radius 1 is 1.56 bits per heavy atom. The van der Waals surface area contributed by atoms with Crippen molar-refractivity contribution in [2.75, 3.05) is 12.4 Å². The predicted octanol–water partition coefficient (Wildman–Crippen LogP) is 2.96. The van der Waals surface area contributed by atoms with Crippen LogP contribution >= 0.6 is 22.6 Å². The van der Waals surface area contributed by atoms with Crippen molar-refractivity contribution in [3.05, 3.63) is 27.3 Å². The Kier molecular flexibility index (Phi) is 5.05. The number of carbonyl (C=O) groups is 1. The first kappa shape index (κ1) is 13.3. The number of benzene rings is 1. The highest BCUT2D eigenvalue weighted by atomic mass is 127.